The lowest BCUT2D eigenvalue weighted by molar-refractivity contribution is -0.0400. The van der Waals surface area contributed by atoms with Crippen molar-refractivity contribution >= 4 is 0 Å². The van der Waals surface area contributed by atoms with Gasteiger partial charge in [-0.1, -0.05) is 5.11 Å². The Morgan fingerprint density at radius 3 is 2.87 bits per heavy atom. The van der Waals surface area contributed by atoms with E-state index in [-0.39, 0.29) is 12.7 Å². The second kappa shape index (κ2) is 5.29. The van der Waals surface area contributed by atoms with Crippen LogP contribution in [0.3, 0.4) is 0 Å². The molecule has 1 rings (SSSR count). The molecule has 1 fully saturated rings. The molecular weight excluding hydrogens is 200 g/mol. The summed E-state index contributed by atoms with van der Waals surface area (Å²) in [7, 11) is 0. The summed E-state index contributed by atoms with van der Waals surface area (Å²) in [6, 6.07) is -0.677. The summed E-state index contributed by atoms with van der Waals surface area (Å²) < 4.78 is 10.6. The highest BCUT2D eigenvalue weighted by Crippen LogP contribution is 2.22. The standard InChI is InChI=1S/C8H16N4O3/c1-4(2)14-3-5-6(11-12-10)7(13)8(9)15-5/h4-8,13H,3,9H2,1-2H3/t5-,6?,7+,8-/m1/s1. The Balaban J connectivity index is 2.58. The van der Waals surface area contributed by atoms with Crippen molar-refractivity contribution in [2.75, 3.05) is 6.61 Å². The van der Waals surface area contributed by atoms with Crippen LogP contribution in [-0.2, 0) is 9.47 Å². The van der Waals surface area contributed by atoms with Crippen LogP contribution in [-0.4, -0.2) is 42.3 Å². The van der Waals surface area contributed by atoms with E-state index in [2.05, 4.69) is 10.0 Å². The lowest BCUT2D eigenvalue weighted by Crippen LogP contribution is -2.36. The number of hydrogen-bond donors (Lipinski definition) is 2. The van der Waals surface area contributed by atoms with E-state index in [1.807, 2.05) is 13.8 Å². The summed E-state index contributed by atoms with van der Waals surface area (Å²) in [4.78, 5) is 2.65. The maximum Gasteiger partial charge on any atom is 0.132 e. The van der Waals surface area contributed by atoms with Gasteiger partial charge in [-0.2, -0.15) is 0 Å². The molecule has 0 aromatic rings. The smallest absolute Gasteiger partial charge is 0.132 e. The summed E-state index contributed by atoms with van der Waals surface area (Å²) in [5.41, 5.74) is 13.8. The average Bonchev–Trinajstić information content (AvgIpc) is 2.43. The van der Waals surface area contributed by atoms with Crippen molar-refractivity contribution in [3.05, 3.63) is 10.4 Å². The summed E-state index contributed by atoms with van der Waals surface area (Å²) in [5, 5.41) is 13.0. The van der Waals surface area contributed by atoms with Gasteiger partial charge in [0.05, 0.1) is 24.9 Å². The van der Waals surface area contributed by atoms with Crippen LogP contribution in [0, 0.1) is 0 Å². The first kappa shape index (κ1) is 12.2. The van der Waals surface area contributed by atoms with Gasteiger partial charge in [-0.15, -0.1) is 0 Å². The van der Waals surface area contributed by atoms with E-state index in [9.17, 15) is 5.11 Å². The molecule has 0 bridgehead atoms. The highest BCUT2D eigenvalue weighted by Gasteiger charge is 2.41. The van der Waals surface area contributed by atoms with Crippen molar-refractivity contribution in [2.45, 2.75) is 44.4 Å². The van der Waals surface area contributed by atoms with Gasteiger partial charge in [-0.25, -0.2) is 0 Å². The lowest BCUT2D eigenvalue weighted by Gasteiger charge is -2.16. The number of aliphatic hydroxyl groups is 1. The molecule has 0 aliphatic carbocycles. The SMILES string of the molecule is CC(C)OC[C@H]1O[C@@H](N)[C@@H](O)C1N=[N+]=[N-]. The number of hydrogen-bond acceptors (Lipinski definition) is 5. The predicted octanol–water partition coefficient (Wildman–Crippen LogP) is 0.135. The van der Waals surface area contributed by atoms with Crippen LogP contribution in [0.4, 0.5) is 0 Å². The number of nitrogens with zero attached hydrogens (tertiary/aromatic N) is 3. The highest BCUT2D eigenvalue weighted by atomic mass is 16.6. The Morgan fingerprint density at radius 1 is 1.67 bits per heavy atom. The zero-order chi connectivity index (χ0) is 11.4. The van der Waals surface area contributed by atoms with E-state index in [4.69, 9.17) is 20.7 Å². The molecular formula is C8H16N4O3. The molecule has 4 atom stereocenters. The molecule has 1 aliphatic heterocycles. The van der Waals surface area contributed by atoms with Crippen LogP contribution in [0.25, 0.3) is 10.4 Å². The second-order valence-corrected chi connectivity index (χ2v) is 3.71. The second-order valence-electron chi connectivity index (χ2n) is 3.71. The quantitative estimate of drug-likeness (QED) is 0.395. The zero-order valence-corrected chi connectivity index (χ0v) is 8.78. The maximum absolute atomic E-state index is 9.55. The fourth-order valence-corrected chi connectivity index (χ4v) is 1.40. The monoisotopic (exact) mass is 216 g/mol. The van der Waals surface area contributed by atoms with Crippen molar-refractivity contribution in [3.63, 3.8) is 0 Å². The number of rotatable bonds is 4. The normalized spacial score (nSPS) is 35.5. The van der Waals surface area contributed by atoms with E-state index < -0.39 is 24.5 Å². The predicted molar refractivity (Wildman–Crippen MR) is 52.9 cm³/mol. The molecule has 7 nitrogen and oxygen atoms in total. The molecule has 86 valence electrons. The molecule has 0 aromatic carbocycles. The van der Waals surface area contributed by atoms with Gasteiger partial charge in [0.2, 0.25) is 0 Å². The van der Waals surface area contributed by atoms with E-state index in [1.54, 1.807) is 0 Å². The average molecular weight is 216 g/mol. The van der Waals surface area contributed by atoms with Gasteiger partial charge in [0.25, 0.3) is 0 Å². The minimum Gasteiger partial charge on any atom is -0.388 e. The Morgan fingerprint density at radius 2 is 2.33 bits per heavy atom. The van der Waals surface area contributed by atoms with Crippen LogP contribution in [0.1, 0.15) is 13.8 Å². The van der Waals surface area contributed by atoms with Gasteiger partial charge in [-0.3, -0.25) is 0 Å². The topological polar surface area (TPSA) is 113 Å². The zero-order valence-electron chi connectivity index (χ0n) is 8.78. The van der Waals surface area contributed by atoms with Gasteiger partial charge in [0, 0.05) is 4.91 Å². The minimum absolute atomic E-state index is 0.0503. The van der Waals surface area contributed by atoms with E-state index in [0.29, 0.717) is 0 Å². The Hall–Kier alpha value is -0.850. The van der Waals surface area contributed by atoms with Crippen molar-refractivity contribution in [1.82, 2.24) is 0 Å². The molecule has 0 saturated carbocycles. The third kappa shape index (κ3) is 3.05. The van der Waals surface area contributed by atoms with Crippen molar-refractivity contribution in [1.29, 1.82) is 0 Å². The molecule has 1 heterocycles. The fraction of sp³-hybridized carbons (Fsp3) is 1.00. The highest BCUT2D eigenvalue weighted by molar-refractivity contribution is 4.93. The summed E-state index contributed by atoms with van der Waals surface area (Å²) >= 11 is 0. The van der Waals surface area contributed by atoms with Gasteiger partial charge in [0.1, 0.15) is 12.3 Å². The number of aliphatic hydroxyl groups excluding tert-OH is 1. The largest absolute Gasteiger partial charge is 0.388 e. The molecule has 15 heavy (non-hydrogen) atoms. The molecule has 1 saturated heterocycles. The van der Waals surface area contributed by atoms with E-state index in [1.165, 1.54) is 0 Å². The van der Waals surface area contributed by atoms with Crippen molar-refractivity contribution in [3.8, 4) is 0 Å². The molecule has 0 spiro atoms. The first-order valence-electron chi connectivity index (χ1n) is 4.81. The van der Waals surface area contributed by atoms with Crippen LogP contribution in [0.5, 0.6) is 0 Å². The van der Waals surface area contributed by atoms with E-state index in [0.717, 1.165) is 0 Å². The lowest BCUT2D eigenvalue weighted by atomic mass is 10.1. The molecule has 0 aromatic heterocycles. The fourth-order valence-electron chi connectivity index (χ4n) is 1.40. The van der Waals surface area contributed by atoms with Gasteiger partial charge < -0.3 is 20.3 Å². The van der Waals surface area contributed by atoms with Crippen LogP contribution < -0.4 is 5.73 Å². The van der Waals surface area contributed by atoms with E-state index >= 15 is 0 Å². The minimum atomic E-state index is -0.971. The first-order chi connectivity index (χ1) is 7.06. The Bertz CT molecular complexity index is 254. The summed E-state index contributed by atoms with van der Waals surface area (Å²) in [5.74, 6) is 0. The molecule has 7 heteroatoms. The van der Waals surface area contributed by atoms with Crippen LogP contribution in [0.15, 0.2) is 5.11 Å². The third-order valence-electron chi connectivity index (χ3n) is 2.18. The summed E-state index contributed by atoms with van der Waals surface area (Å²) in [6.45, 7) is 4.02. The number of azide groups is 1. The van der Waals surface area contributed by atoms with Crippen molar-refractivity contribution in [2.24, 2.45) is 10.8 Å². The molecule has 0 radical (unpaired) electrons. The van der Waals surface area contributed by atoms with Crippen LogP contribution >= 0.6 is 0 Å². The van der Waals surface area contributed by atoms with Gasteiger partial charge >= 0.3 is 0 Å². The van der Waals surface area contributed by atoms with Gasteiger partial charge in [-0.05, 0) is 19.4 Å². The third-order valence-corrected chi connectivity index (χ3v) is 2.18. The summed E-state index contributed by atoms with van der Waals surface area (Å²) in [6.07, 6.45) is -2.22. The number of nitrogens with two attached hydrogens (primary N) is 1. The molecule has 0 amide bonds. The Kier molecular flexibility index (Phi) is 4.31. The molecule has 3 N–H and O–H groups in total. The Labute approximate surface area is 87.8 Å². The molecule has 1 unspecified atom stereocenters. The van der Waals surface area contributed by atoms with Crippen molar-refractivity contribution < 1.29 is 14.6 Å². The number of ether oxygens (including phenoxy) is 2. The molecule has 1 aliphatic rings. The van der Waals surface area contributed by atoms with Crippen LogP contribution in [0.2, 0.25) is 0 Å². The maximum atomic E-state index is 9.55. The van der Waals surface area contributed by atoms with Gasteiger partial charge in [0.15, 0.2) is 0 Å². The first-order valence-corrected chi connectivity index (χ1v) is 4.81.